The third-order valence-corrected chi connectivity index (χ3v) is 2.44. The number of benzene rings is 1. The van der Waals surface area contributed by atoms with Crippen LogP contribution >= 0.6 is 0 Å². The lowest BCUT2D eigenvalue weighted by atomic mass is 9.94. The number of aryl methyl sites for hydroxylation is 1. The molecule has 0 atom stereocenters. The molecular weight excluding hydrogens is 205 g/mol. The Morgan fingerprint density at radius 3 is 2.44 bits per heavy atom. The fraction of sp³-hybridized carbons (Fsp3) is 0.538. The molecular formula is C13H20FNO. The van der Waals surface area contributed by atoms with Gasteiger partial charge in [0.1, 0.15) is 0 Å². The van der Waals surface area contributed by atoms with Crippen LogP contribution in [0.2, 0.25) is 0 Å². The molecule has 0 amide bonds. The molecule has 1 rings (SSSR count). The summed E-state index contributed by atoms with van der Waals surface area (Å²) < 4.78 is 18.8. The van der Waals surface area contributed by atoms with Crippen molar-refractivity contribution in [2.24, 2.45) is 5.73 Å². The molecule has 0 bridgehead atoms. The maximum absolute atomic E-state index is 13.7. The molecule has 2 N–H and O–H groups in total. The van der Waals surface area contributed by atoms with Crippen molar-refractivity contribution in [2.45, 2.75) is 39.2 Å². The second-order valence-electron chi connectivity index (χ2n) is 4.79. The molecule has 3 heteroatoms. The largest absolute Gasteiger partial charge is 0.493 e. The van der Waals surface area contributed by atoms with Crippen molar-refractivity contribution in [3.05, 3.63) is 29.1 Å². The van der Waals surface area contributed by atoms with Gasteiger partial charge in [-0.25, -0.2) is 4.39 Å². The van der Waals surface area contributed by atoms with Gasteiger partial charge in [0.2, 0.25) is 0 Å². The van der Waals surface area contributed by atoms with Gasteiger partial charge >= 0.3 is 0 Å². The fourth-order valence-electron chi connectivity index (χ4n) is 1.77. The maximum Gasteiger partial charge on any atom is 0.165 e. The highest BCUT2D eigenvalue weighted by Crippen LogP contribution is 2.27. The van der Waals surface area contributed by atoms with E-state index in [0.29, 0.717) is 12.2 Å². The van der Waals surface area contributed by atoms with E-state index in [4.69, 9.17) is 10.5 Å². The predicted molar refractivity (Wildman–Crippen MR) is 64.3 cm³/mol. The Morgan fingerprint density at radius 2 is 2.00 bits per heavy atom. The van der Waals surface area contributed by atoms with Gasteiger partial charge in [0.25, 0.3) is 0 Å². The van der Waals surface area contributed by atoms with E-state index in [2.05, 4.69) is 0 Å². The van der Waals surface area contributed by atoms with Gasteiger partial charge in [-0.05, 0) is 43.9 Å². The van der Waals surface area contributed by atoms with Gasteiger partial charge in [-0.3, -0.25) is 0 Å². The molecule has 90 valence electrons. The normalized spacial score (nSPS) is 11.6. The quantitative estimate of drug-likeness (QED) is 0.855. The van der Waals surface area contributed by atoms with Crippen LogP contribution in [0.25, 0.3) is 0 Å². The van der Waals surface area contributed by atoms with Gasteiger partial charge in [0.15, 0.2) is 11.6 Å². The van der Waals surface area contributed by atoms with Crippen molar-refractivity contribution in [1.82, 2.24) is 0 Å². The van der Waals surface area contributed by atoms with E-state index in [1.165, 1.54) is 13.2 Å². The predicted octanol–water partition coefficient (Wildman–Crippen LogP) is 2.68. The van der Waals surface area contributed by atoms with Gasteiger partial charge in [-0.15, -0.1) is 0 Å². The molecule has 2 nitrogen and oxygen atoms in total. The number of ether oxygens (including phenoxy) is 1. The Hall–Kier alpha value is -1.09. The molecule has 0 unspecified atom stereocenters. The maximum atomic E-state index is 13.7. The van der Waals surface area contributed by atoms with Crippen LogP contribution in [0.3, 0.4) is 0 Å². The van der Waals surface area contributed by atoms with Gasteiger partial charge in [0, 0.05) is 5.54 Å². The molecule has 0 aliphatic carbocycles. The van der Waals surface area contributed by atoms with E-state index in [9.17, 15) is 4.39 Å². The molecule has 0 fully saturated rings. The summed E-state index contributed by atoms with van der Waals surface area (Å²) in [6, 6.07) is 3.49. The average molecular weight is 225 g/mol. The van der Waals surface area contributed by atoms with Gasteiger partial charge < -0.3 is 10.5 Å². The third kappa shape index (κ3) is 3.20. The first kappa shape index (κ1) is 13.0. The van der Waals surface area contributed by atoms with Gasteiger partial charge in [-0.2, -0.15) is 0 Å². The second kappa shape index (κ2) is 4.83. The van der Waals surface area contributed by atoms with E-state index >= 15 is 0 Å². The fourth-order valence-corrected chi connectivity index (χ4v) is 1.77. The Balaban J connectivity index is 3.18. The van der Waals surface area contributed by atoms with Crippen LogP contribution in [0.5, 0.6) is 5.75 Å². The van der Waals surface area contributed by atoms with Crippen LogP contribution in [-0.2, 0) is 12.8 Å². The molecule has 0 aliphatic heterocycles. The van der Waals surface area contributed by atoms with Crippen molar-refractivity contribution in [3.8, 4) is 5.75 Å². The first-order chi connectivity index (χ1) is 7.37. The lowest BCUT2D eigenvalue weighted by molar-refractivity contribution is 0.375. The number of halogens is 1. The number of hydrogen-bond donors (Lipinski definition) is 1. The average Bonchev–Trinajstić information content (AvgIpc) is 2.14. The third-order valence-electron chi connectivity index (χ3n) is 2.44. The monoisotopic (exact) mass is 225 g/mol. The molecule has 0 radical (unpaired) electrons. The topological polar surface area (TPSA) is 35.2 Å². The van der Waals surface area contributed by atoms with Crippen molar-refractivity contribution >= 4 is 0 Å². The highest BCUT2D eigenvalue weighted by molar-refractivity contribution is 5.39. The lowest BCUT2D eigenvalue weighted by Crippen LogP contribution is -2.34. The molecule has 0 spiro atoms. The summed E-state index contributed by atoms with van der Waals surface area (Å²) in [5, 5.41) is 0. The summed E-state index contributed by atoms with van der Waals surface area (Å²) in [5.74, 6) is 0.0109. The first-order valence-electron chi connectivity index (χ1n) is 5.51. The zero-order valence-corrected chi connectivity index (χ0v) is 10.4. The second-order valence-corrected chi connectivity index (χ2v) is 4.79. The van der Waals surface area contributed by atoms with Crippen LogP contribution in [0.15, 0.2) is 12.1 Å². The van der Waals surface area contributed by atoms with E-state index < -0.39 is 0 Å². The van der Waals surface area contributed by atoms with Crippen molar-refractivity contribution in [1.29, 1.82) is 0 Å². The van der Waals surface area contributed by atoms with Gasteiger partial charge in [-0.1, -0.05) is 13.0 Å². The van der Waals surface area contributed by atoms with E-state index in [0.717, 1.165) is 17.5 Å². The van der Waals surface area contributed by atoms with Crippen LogP contribution in [0.1, 0.15) is 31.9 Å². The summed E-state index contributed by atoms with van der Waals surface area (Å²) in [6.07, 6.45) is 1.40. The minimum Gasteiger partial charge on any atom is -0.493 e. The highest BCUT2D eigenvalue weighted by atomic mass is 19.1. The van der Waals surface area contributed by atoms with Crippen molar-refractivity contribution in [2.75, 3.05) is 7.11 Å². The summed E-state index contributed by atoms with van der Waals surface area (Å²) in [5.41, 5.74) is 7.40. The Kier molecular flexibility index (Phi) is 3.92. The van der Waals surface area contributed by atoms with Crippen molar-refractivity contribution < 1.29 is 9.13 Å². The van der Waals surface area contributed by atoms with Crippen LogP contribution in [0, 0.1) is 5.82 Å². The van der Waals surface area contributed by atoms with Gasteiger partial charge in [0.05, 0.1) is 7.11 Å². The molecule has 0 saturated carbocycles. The Labute approximate surface area is 96.6 Å². The van der Waals surface area contributed by atoms with Crippen LogP contribution < -0.4 is 10.5 Å². The molecule has 0 aliphatic rings. The van der Waals surface area contributed by atoms with E-state index in [1.807, 2.05) is 26.8 Å². The molecule has 16 heavy (non-hydrogen) atoms. The number of rotatable bonds is 4. The molecule has 1 aromatic carbocycles. The summed E-state index contributed by atoms with van der Waals surface area (Å²) in [7, 11) is 1.48. The van der Waals surface area contributed by atoms with E-state index in [1.54, 1.807) is 0 Å². The Bertz CT molecular complexity index is 369. The molecule has 0 aromatic heterocycles. The minimum absolute atomic E-state index is 0.305. The molecule has 1 aromatic rings. The Morgan fingerprint density at radius 1 is 1.38 bits per heavy atom. The van der Waals surface area contributed by atoms with Crippen LogP contribution in [-0.4, -0.2) is 12.6 Å². The standard InChI is InChI=1S/C13H20FNO/c1-5-9-6-10(8-13(2,3)15)12(16-4)11(14)7-9/h6-7H,5,8,15H2,1-4H3. The summed E-state index contributed by atoms with van der Waals surface area (Å²) >= 11 is 0. The zero-order valence-electron chi connectivity index (χ0n) is 10.4. The lowest BCUT2D eigenvalue weighted by Gasteiger charge is -2.21. The summed E-state index contributed by atoms with van der Waals surface area (Å²) in [4.78, 5) is 0. The zero-order chi connectivity index (χ0) is 12.3. The SMILES string of the molecule is CCc1cc(F)c(OC)c(CC(C)(C)N)c1. The number of hydrogen-bond acceptors (Lipinski definition) is 2. The number of nitrogens with two attached hydrogens (primary N) is 1. The molecule has 0 heterocycles. The van der Waals surface area contributed by atoms with Crippen molar-refractivity contribution in [3.63, 3.8) is 0 Å². The van der Waals surface area contributed by atoms with E-state index in [-0.39, 0.29) is 11.4 Å². The summed E-state index contributed by atoms with van der Waals surface area (Å²) in [6.45, 7) is 5.84. The first-order valence-corrected chi connectivity index (χ1v) is 5.51. The molecule has 0 saturated heterocycles. The smallest absolute Gasteiger partial charge is 0.165 e. The van der Waals surface area contributed by atoms with Crippen LogP contribution in [0.4, 0.5) is 4.39 Å². The number of methoxy groups -OCH3 is 1. The minimum atomic E-state index is -0.369. The highest BCUT2D eigenvalue weighted by Gasteiger charge is 2.18.